The summed E-state index contributed by atoms with van der Waals surface area (Å²) < 4.78 is 6.05. The van der Waals surface area contributed by atoms with Crippen molar-refractivity contribution < 1.29 is 9.53 Å². The number of carbonyl (C=O) groups is 1. The van der Waals surface area contributed by atoms with Gasteiger partial charge >= 0.3 is 5.97 Å². The predicted molar refractivity (Wildman–Crippen MR) is 105 cm³/mol. The molecule has 3 aromatic heterocycles. The molecule has 0 saturated carbocycles. The maximum absolute atomic E-state index is 12.9. The molecular formula is C20H17N3O3S. The van der Waals surface area contributed by atoms with Gasteiger partial charge in [-0.2, -0.15) is 0 Å². The van der Waals surface area contributed by atoms with Crippen LogP contribution >= 0.6 is 11.3 Å². The van der Waals surface area contributed by atoms with Crippen LogP contribution in [0.4, 0.5) is 0 Å². The second-order valence-corrected chi connectivity index (χ2v) is 7.07. The van der Waals surface area contributed by atoms with E-state index in [9.17, 15) is 9.59 Å². The molecule has 0 fully saturated rings. The first-order valence-electron chi connectivity index (χ1n) is 8.60. The van der Waals surface area contributed by atoms with Gasteiger partial charge in [0.25, 0.3) is 5.56 Å². The molecule has 0 saturated heterocycles. The number of pyridine rings is 1. The normalized spacial score (nSPS) is 11.2. The Labute approximate surface area is 158 Å². The van der Waals surface area contributed by atoms with Crippen molar-refractivity contribution in [3.05, 3.63) is 68.7 Å². The number of hydrogen-bond acceptors (Lipinski definition) is 6. The van der Waals surface area contributed by atoms with Gasteiger partial charge in [0.15, 0.2) is 0 Å². The van der Waals surface area contributed by atoms with Crippen molar-refractivity contribution in [3.63, 3.8) is 0 Å². The van der Waals surface area contributed by atoms with Crippen LogP contribution in [0, 0.1) is 6.92 Å². The molecule has 1 aromatic carbocycles. The van der Waals surface area contributed by atoms with Crippen LogP contribution in [0.25, 0.3) is 21.1 Å². The molecule has 0 spiro atoms. The summed E-state index contributed by atoms with van der Waals surface area (Å²) in [4.78, 5) is 36.6. The smallest absolute Gasteiger partial charge is 0.339 e. The number of nitrogens with one attached hydrogen (secondary N) is 1. The third-order valence-electron chi connectivity index (χ3n) is 4.48. The van der Waals surface area contributed by atoms with Crippen LogP contribution in [-0.2, 0) is 17.8 Å². The number of nitrogens with zero attached hydrogens (tertiary/aromatic N) is 2. The summed E-state index contributed by atoms with van der Waals surface area (Å²) in [5, 5.41) is 2.56. The molecule has 3 heterocycles. The van der Waals surface area contributed by atoms with Gasteiger partial charge in [-0.15, -0.1) is 11.3 Å². The fourth-order valence-electron chi connectivity index (χ4n) is 3.16. The highest BCUT2D eigenvalue weighted by Gasteiger charge is 2.19. The standard InChI is InChI=1S/C20H17N3O3S/c1-3-13-11(2)17(12-6-4-5-7-14(12)21-13)20(25)26-10-16-22-15-8-9-27-18(15)19(24)23-16/h4-9H,3,10H2,1-2H3,(H,22,23,24). The van der Waals surface area contributed by atoms with Crippen molar-refractivity contribution in [3.8, 4) is 0 Å². The van der Waals surface area contributed by atoms with Crippen LogP contribution in [0.5, 0.6) is 0 Å². The summed E-state index contributed by atoms with van der Waals surface area (Å²) in [6.45, 7) is 3.79. The van der Waals surface area contributed by atoms with Crippen LogP contribution < -0.4 is 5.56 Å². The van der Waals surface area contributed by atoms with Gasteiger partial charge < -0.3 is 9.72 Å². The Kier molecular flexibility index (Phi) is 4.45. The van der Waals surface area contributed by atoms with Gasteiger partial charge in [-0.3, -0.25) is 9.78 Å². The molecule has 0 aliphatic rings. The summed E-state index contributed by atoms with van der Waals surface area (Å²) >= 11 is 1.33. The van der Waals surface area contributed by atoms with E-state index in [4.69, 9.17) is 4.74 Å². The maximum Gasteiger partial charge on any atom is 0.339 e. The number of benzene rings is 1. The molecule has 4 aromatic rings. The third kappa shape index (κ3) is 3.10. The van der Waals surface area contributed by atoms with Crippen molar-refractivity contribution in [2.24, 2.45) is 0 Å². The summed E-state index contributed by atoms with van der Waals surface area (Å²) in [6, 6.07) is 9.28. The number of rotatable bonds is 4. The Hall–Kier alpha value is -3.06. The van der Waals surface area contributed by atoms with E-state index in [1.807, 2.05) is 38.1 Å². The van der Waals surface area contributed by atoms with Crippen molar-refractivity contribution in [2.75, 3.05) is 0 Å². The number of carbonyl (C=O) groups excluding carboxylic acids is 1. The van der Waals surface area contributed by atoms with Gasteiger partial charge in [0.1, 0.15) is 17.1 Å². The molecule has 7 heteroatoms. The van der Waals surface area contributed by atoms with Crippen LogP contribution in [0.15, 0.2) is 40.5 Å². The number of esters is 1. The highest BCUT2D eigenvalue weighted by molar-refractivity contribution is 7.17. The van der Waals surface area contributed by atoms with E-state index in [2.05, 4.69) is 15.0 Å². The minimum Gasteiger partial charge on any atom is -0.454 e. The zero-order valence-corrected chi connectivity index (χ0v) is 15.7. The topological polar surface area (TPSA) is 84.9 Å². The lowest BCUT2D eigenvalue weighted by Gasteiger charge is -2.13. The van der Waals surface area contributed by atoms with Crippen molar-refractivity contribution in [2.45, 2.75) is 26.9 Å². The van der Waals surface area contributed by atoms with Crippen LogP contribution in [-0.4, -0.2) is 20.9 Å². The number of aryl methyl sites for hydroxylation is 1. The van der Waals surface area contributed by atoms with E-state index in [-0.39, 0.29) is 12.2 Å². The largest absolute Gasteiger partial charge is 0.454 e. The zero-order valence-electron chi connectivity index (χ0n) is 14.9. The highest BCUT2D eigenvalue weighted by atomic mass is 32.1. The molecule has 136 valence electrons. The fourth-order valence-corrected chi connectivity index (χ4v) is 3.89. The van der Waals surface area contributed by atoms with Gasteiger partial charge in [0.2, 0.25) is 0 Å². The maximum atomic E-state index is 12.9. The lowest BCUT2D eigenvalue weighted by Crippen LogP contribution is -2.15. The second-order valence-electron chi connectivity index (χ2n) is 6.15. The molecule has 0 amide bonds. The lowest BCUT2D eigenvalue weighted by molar-refractivity contribution is 0.0463. The van der Waals surface area contributed by atoms with Crippen molar-refractivity contribution >= 4 is 38.4 Å². The Morgan fingerprint density at radius 3 is 2.81 bits per heavy atom. The average molecular weight is 379 g/mol. The van der Waals surface area contributed by atoms with Gasteiger partial charge in [-0.25, -0.2) is 9.78 Å². The van der Waals surface area contributed by atoms with Gasteiger partial charge in [0.05, 0.1) is 16.6 Å². The lowest BCUT2D eigenvalue weighted by atomic mass is 10.0. The Balaban J connectivity index is 1.68. The summed E-state index contributed by atoms with van der Waals surface area (Å²) in [5.74, 6) is -0.125. The molecule has 6 nitrogen and oxygen atoms in total. The Morgan fingerprint density at radius 2 is 2.00 bits per heavy atom. The number of ether oxygens (including phenoxy) is 1. The van der Waals surface area contributed by atoms with E-state index < -0.39 is 5.97 Å². The molecule has 0 aliphatic carbocycles. The molecule has 0 radical (unpaired) electrons. The Morgan fingerprint density at radius 1 is 1.19 bits per heavy atom. The molecule has 4 rings (SSSR count). The number of aromatic nitrogens is 3. The van der Waals surface area contributed by atoms with E-state index in [1.165, 1.54) is 11.3 Å². The number of aromatic amines is 1. The molecule has 0 aliphatic heterocycles. The second kappa shape index (κ2) is 6.92. The third-order valence-corrected chi connectivity index (χ3v) is 5.38. The summed E-state index contributed by atoms with van der Waals surface area (Å²) in [7, 11) is 0. The van der Waals surface area contributed by atoms with Crippen molar-refractivity contribution in [1.29, 1.82) is 0 Å². The number of para-hydroxylation sites is 1. The van der Waals surface area contributed by atoms with Crippen LogP contribution in [0.1, 0.15) is 34.4 Å². The van der Waals surface area contributed by atoms with E-state index in [1.54, 1.807) is 11.4 Å². The first kappa shape index (κ1) is 17.4. The van der Waals surface area contributed by atoms with Crippen LogP contribution in [0.2, 0.25) is 0 Å². The van der Waals surface area contributed by atoms with E-state index in [0.717, 1.165) is 28.6 Å². The molecule has 0 bridgehead atoms. The molecule has 0 atom stereocenters. The van der Waals surface area contributed by atoms with E-state index >= 15 is 0 Å². The SMILES string of the molecule is CCc1nc2ccccc2c(C(=O)OCc2nc3ccsc3c(=O)[nH]2)c1C. The highest BCUT2D eigenvalue weighted by Crippen LogP contribution is 2.24. The number of fused-ring (bicyclic) bond motifs is 2. The number of thiophene rings is 1. The van der Waals surface area contributed by atoms with Gasteiger partial charge in [-0.05, 0) is 36.4 Å². The molecule has 27 heavy (non-hydrogen) atoms. The van der Waals surface area contributed by atoms with Gasteiger partial charge in [0, 0.05) is 11.1 Å². The van der Waals surface area contributed by atoms with E-state index in [0.29, 0.717) is 21.6 Å². The summed E-state index contributed by atoms with van der Waals surface area (Å²) in [5.41, 5.74) is 3.34. The fraction of sp³-hybridized carbons (Fsp3) is 0.200. The van der Waals surface area contributed by atoms with Crippen LogP contribution in [0.3, 0.4) is 0 Å². The number of hydrogen-bond donors (Lipinski definition) is 1. The predicted octanol–water partition coefficient (Wildman–Crippen LogP) is 3.76. The molecule has 1 N–H and O–H groups in total. The molecule has 0 unspecified atom stereocenters. The average Bonchev–Trinajstić information content (AvgIpc) is 3.15. The molecular weight excluding hydrogens is 362 g/mol. The minimum atomic E-state index is -0.450. The minimum absolute atomic E-state index is 0.0998. The first-order chi connectivity index (χ1) is 13.1. The number of H-pyrrole nitrogens is 1. The van der Waals surface area contributed by atoms with Crippen molar-refractivity contribution in [1.82, 2.24) is 15.0 Å². The first-order valence-corrected chi connectivity index (χ1v) is 9.48. The summed E-state index contributed by atoms with van der Waals surface area (Å²) in [6.07, 6.45) is 0.723. The monoisotopic (exact) mass is 379 g/mol. The Bertz CT molecular complexity index is 1230. The zero-order chi connectivity index (χ0) is 19.0. The van der Waals surface area contributed by atoms with Gasteiger partial charge in [-0.1, -0.05) is 25.1 Å². The quantitative estimate of drug-likeness (QED) is 0.546.